The van der Waals surface area contributed by atoms with E-state index in [1.165, 1.54) is 6.42 Å². The summed E-state index contributed by atoms with van der Waals surface area (Å²) in [5.74, 6) is 1.55. The number of hydrogen-bond donors (Lipinski definition) is 1. The van der Waals surface area contributed by atoms with E-state index in [1.54, 1.807) is 0 Å². The molecule has 1 aromatic rings. The molecule has 0 bridgehead atoms. The zero-order valence-corrected chi connectivity index (χ0v) is 10.8. The zero-order valence-electron chi connectivity index (χ0n) is 10.0. The zero-order chi connectivity index (χ0) is 12.0. The molecule has 0 unspecified atom stereocenters. The van der Waals surface area contributed by atoms with Crippen LogP contribution in [0.2, 0.25) is 5.02 Å². The lowest BCUT2D eigenvalue weighted by Gasteiger charge is -2.09. The molecule has 0 amide bonds. The van der Waals surface area contributed by atoms with Crippen LogP contribution in [-0.4, -0.2) is 6.61 Å². The second-order valence-electron chi connectivity index (χ2n) is 4.34. The Morgan fingerprint density at radius 1 is 1.38 bits per heavy atom. The van der Waals surface area contributed by atoms with Crippen molar-refractivity contribution in [2.45, 2.75) is 33.2 Å². The van der Waals surface area contributed by atoms with Gasteiger partial charge in [-0.25, -0.2) is 0 Å². The third-order valence-electron chi connectivity index (χ3n) is 2.44. The summed E-state index contributed by atoms with van der Waals surface area (Å²) in [6.45, 7) is 5.64. The molecule has 2 N–H and O–H groups in total. The summed E-state index contributed by atoms with van der Waals surface area (Å²) in [6, 6.07) is 5.67. The fourth-order valence-corrected chi connectivity index (χ4v) is 1.71. The van der Waals surface area contributed by atoms with Gasteiger partial charge in [-0.05, 0) is 36.5 Å². The number of halogens is 1. The largest absolute Gasteiger partial charge is 0.494 e. The van der Waals surface area contributed by atoms with E-state index in [0.717, 1.165) is 30.3 Å². The van der Waals surface area contributed by atoms with Crippen LogP contribution in [0.3, 0.4) is 0 Å². The standard InChI is InChI=1S/C13H20ClNO/c1-10(2)4-3-7-16-12-6-5-11(9-15)13(14)8-12/h5-6,8,10H,3-4,7,9,15H2,1-2H3. The quantitative estimate of drug-likeness (QED) is 0.773. The van der Waals surface area contributed by atoms with Gasteiger partial charge in [0, 0.05) is 11.6 Å². The van der Waals surface area contributed by atoms with E-state index in [4.69, 9.17) is 22.1 Å². The Balaban J connectivity index is 2.40. The summed E-state index contributed by atoms with van der Waals surface area (Å²) in [5.41, 5.74) is 6.49. The van der Waals surface area contributed by atoms with Gasteiger partial charge in [0.2, 0.25) is 0 Å². The normalized spacial score (nSPS) is 10.8. The molecular weight excluding hydrogens is 222 g/mol. The SMILES string of the molecule is CC(C)CCCOc1ccc(CN)c(Cl)c1. The minimum absolute atomic E-state index is 0.465. The summed E-state index contributed by atoms with van der Waals surface area (Å²) < 4.78 is 5.61. The molecule has 90 valence electrons. The molecule has 0 aliphatic rings. The maximum absolute atomic E-state index is 6.03. The molecule has 0 atom stereocenters. The lowest BCUT2D eigenvalue weighted by Crippen LogP contribution is -2.01. The molecule has 0 aliphatic carbocycles. The second kappa shape index (κ2) is 6.77. The number of nitrogens with two attached hydrogens (primary N) is 1. The molecule has 1 aromatic carbocycles. The van der Waals surface area contributed by atoms with Gasteiger partial charge in [0.05, 0.1) is 6.61 Å². The average Bonchev–Trinajstić information content (AvgIpc) is 2.24. The van der Waals surface area contributed by atoms with Crippen LogP contribution in [-0.2, 0) is 6.54 Å². The van der Waals surface area contributed by atoms with Crippen molar-refractivity contribution in [3.8, 4) is 5.75 Å². The van der Waals surface area contributed by atoms with Crippen molar-refractivity contribution in [3.63, 3.8) is 0 Å². The van der Waals surface area contributed by atoms with Gasteiger partial charge in [0.15, 0.2) is 0 Å². The maximum atomic E-state index is 6.03. The maximum Gasteiger partial charge on any atom is 0.120 e. The Morgan fingerprint density at radius 2 is 2.12 bits per heavy atom. The molecule has 0 radical (unpaired) electrons. The minimum Gasteiger partial charge on any atom is -0.494 e. The molecule has 1 rings (SSSR count). The third kappa shape index (κ3) is 4.42. The molecule has 0 spiro atoms. The number of benzene rings is 1. The van der Waals surface area contributed by atoms with Crippen LogP contribution in [0.15, 0.2) is 18.2 Å². The highest BCUT2D eigenvalue weighted by Gasteiger charge is 2.01. The Labute approximate surface area is 103 Å². The molecule has 2 nitrogen and oxygen atoms in total. The van der Waals surface area contributed by atoms with Crippen LogP contribution in [0.5, 0.6) is 5.75 Å². The summed E-state index contributed by atoms with van der Waals surface area (Å²) in [7, 11) is 0. The Hall–Kier alpha value is -0.730. The highest BCUT2D eigenvalue weighted by atomic mass is 35.5. The number of rotatable bonds is 6. The monoisotopic (exact) mass is 241 g/mol. The molecule has 0 aromatic heterocycles. The smallest absolute Gasteiger partial charge is 0.120 e. The molecule has 0 saturated heterocycles. The fourth-order valence-electron chi connectivity index (χ4n) is 1.46. The topological polar surface area (TPSA) is 35.2 Å². The first-order chi connectivity index (χ1) is 7.63. The lowest BCUT2D eigenvalue weighted by molar-refractivity contribution is 0.297. The van der Waals surface area contributed by atoms with Crippen LogP contribution < -0.4 is 10.5 Å². The van der Waals surface area contributed by atoms with Crippen LogP contribution in [0, 0.1) is 5.92 Å². The van der Waals surface area contributed by atoms with Crippen molar-refractivity contribution in [1.82, 2.24) is 0 Å². The Morgan fingerprint density at radius 3 is 2.69 bits per heavy atom. The first-order valence-corrected chi connectivity index (χ1v) is 6.12. The van der Waals surface area contributed by atoms with Crippen LogP contribution >= 0.6 is 11.6 Å². The molecule has 0 heterocycles. The van der Waals surface area contributed by atoms with Crippen LogP contribution in [0.25, 0.3) is 0 Å². The van der Waals surface area contributed by atoms with Crippen molar-refractivity contribution in [3.05, 3.63) is 28.8 Å². The average molecular weight is 242 g/mol. The summed E-state index contributed by atoms with van der Waals surface area (Å²) >= 11 is 6.03. The van der Waals surface area contributed by atoms with Gasteiger partial charge in [0.25, 0.3) is 0 Å². The van der Waals surface area contributed by atoms with Crippen LogP contribution in [0.1, 0.15) is 32.3 Å². The molecule has 0 fully saturated rings. The molecule has 16 heavy (non-hydrogen) atoms. The summed E-state index contributed by atoms with van der Waals surface area (Å²) in [6.07, 6.45) is 2.27. The van der Waals surface area contributed by atoms with E-state index in [0.29, 0.717) is 11.6 Å². The summed E-state index contributed by atoms with van der Waals surface area (Å²) in [5, 5.41) is 0.684. The first kappa shape index (κ1) is 13.3. The van der Waals surface area contributed by atoms with Crippen molar-refractivity contribution in [2.75, 3.05) is 6.61 Å². The second-order valence-corrected chi connectivity index (χ2v) is 4.75. The fraction of sp³-hybridized carbons (Fsp3) is 0.538. The molecular formula is C13H20ClNO. The molecule has 0 aliphatic heterocycles. The van der Waals surface area contributed by atoms with Gasteiger partial charge in [0.1, 0.15) is 5.75 Å². The van der Waals surface area contributed by atoms with E-state index >= 15 is 0 Å². The lowest BCUT2D eigenvalue weighted by atomic mass is 10.1. The molecule has 3 heteroatoms. The van der Waals surface area contributed by atoms with Gasteiger partial charge in [-0.3, -0.25) is 0 Å². The van der Waals surface area contributed by atoms with Gasteiger partial charge in [-0.2, -0.15) is 0 Å². The molecule has 0 saturated carbocycles. The van der Waals surface area contributed by atoms with Gasteiger partial charge >= 0.3 is 0 Å². The van der Waals surface area contributed by atoms with Crippen LogP contribution in [0.4, 0.5) is 0 Å². The Bertz CT molecular complexity index is 326. The van der Waals surface area contributed by atoms with Gasteiger partial charge in [-0.1, -0.05) is 31.5 Å². The van der Waals surface area contributed by atoms with E-state index in [2.05, 4.69) is 13.8 Å². The van der Waals surface area contributed by atoms with Gasteiger partial charge in [-0.15, -0.1) is 0 Å². The van der Waals surface area contributed by atoms with Crippen molar-refractivity contribution in [2.24, 2.45) is 11.7 Å². The first-order valence-electron chi connectivity index (χ1n) is 5.74. The predicted octanol–water partition coefficient (Wildman–Crippen LogP) is 3.61. The van der Waals surface area contributed by atoms with E-state index < -0.39 is 0 Å². The highest BCUT2D eigenvalue weighted by Crippen LogP contribution is 2.22. The van der Waals surface area contributed by atoms with E-state index in [1.807, 2.05) is 18.2 Å². The van der Waals surface area contributed by atoms with Crippen molar-refractivity contribution >= 4 is 11.6 Å². The van der Waals surface area contributed by atoms with Crippen molar-refractivity contribution in [1.29, 1.82) is 0 Å². The Kier molecular flexibility index (Phi) is 5.64. The van der Waals surface area contributed by atoms with E-state index in [9.17, 15) is 0 Å². The van der Waals surface area contributed by atoms with Gasteiger partial charge < -0.3 is 10.5 Å². The van der Waals surface area contributed by atoms with E-state index in [-0.39, 0.29) is 0 Å². The summed E-state index contributed by atoms with van der Waals surface area (Å²) in [4.78, 5) is 0. The number of ether oxygens (including phenoxy) is 1. The highest BCUT2D eigenvalue weighted by molar-refractivity contribution is 6.31. The number of hydrogen-bond acceptors (Lipinski definition) is 2. The predicted molar refractivity (Wildman–Crippen MR) is 68.9 cm³/mol. The van der Waals surface area contributed by atoms with Crippen molar-refractivity contribution < 1.29 is 4.74 Å². The minimum atomic E-state index is 0.465. The third-order valence-corrected chi connectivity index (χ3v) is 2.79.